The summed E-state index contributed by atoms with van der Waals surface area (Å²) in [7, 11) is 0. The Morgan fingerprint density at radius 2 is 1.77 bits per heavy atom. The fraction of sp³-hybridized carbons (Fsp3) is 0.360. The van der Waals surface area contributed by atoms with Gasteiger partial charge in [0.05, 0.1) is 23.6 Å². The Labute approximate surface area is 184 Å². The summed E-state index contributed by atoms with van der Waals surface area (Å²) in [6, 6.07) is 14.9. The number of halogens is 1. The molecule has 1 aliphatic rings. The topological polar surface area (TPSA) is 41.9 Å². The molecule has 0 fully saturated rings. The molecule has 0 spiro atoms. The first-order chi connectivity index (χ1) is 14.6. The number of anilines is 1. The second-order valence-corrected chi connectivity index (χ2v) is 7.93. The number of hydrogen-bond donors (Lipinski definition) is 0. The van der Waals surface area contributed by atoms with Crippen molar-refractivity contribution >= 4 is 35.0 Å². The highest BCUT2D eigenvalue weighted by Crippen LogP contribution is 2.29. The van der Waals surface area contributed by atoms with Crippen molar-refractivity contribution in [1.82, 2.24) is 0 Å². The van der Waals surface area contributed by atoms with Crippen LogP contribution in [0.4, 0.5) is 5.69 Å². The Bertz CT molecular complexity index is 922. The lowest BCUT2D eigenvalue weighted by molar-refractivity contribution is -0.114. The van der Waals surface area contributed by atoms with Crippen molar-refractivity contribution in [1.29, 1.82) is 0 Å². The first-order valence-electron chi connectivity index (χ1n) is 10.7. The number of carbonyl (C=O) groups excluding carboxylic acids is 1. The van der Waals surface area contributed by atoms with Crippen molar-refractivity contribution in [3.05, 3.63) is 64.7 Å². The molecule has 0 saturated carbocycles. The summed E-state index contributed by atoms with van der Waals surface area (Å²) < 4.78 is 6.02. The van der Waals surface area contributed by atoms with E-state index in [4.69, 9.17) is 16.3 Å². The number of hydrogen-bond acceptors (Lipinski definition) is 3. The second-order valence-electron chi connectivity index (χ2n) is 7.49. The lowest BCUT2D eigenvalue weighted by atomic mass is 10.1. The van der Waals surface area contributed by atoms with Gasteiger partial charge in [-0.3, -0.25) is 4.79 Å². The molecule has 0 bridgehead atoms. The van der Waals surface area contributed by atoms with Gasteiger partial charge in [-0.25, -0.2) is 0 Å². The Hall–Kier alpha value is -2.59. The highest BCUT2D eigenvalue weighted by molar-refractivity contribution is 6.33. The van der Waals surface area contributed by atoms with Gasteiger partial charge < -0.3 is 4.74 Å². The van der Waals surface area contributed by atoms with Crippen molar-refractivity contribution < 1.29 is 9.53 Å². The van der Waals surface area contributed by atoms with Gasteiger partial charge in [-0.15, -0.1) is 0 Å². The summed E-state index contributed by atoms with van der Waals surface area (Å²) in [4.78, 5) is 13.0. The molecule has 0 atom stereocenters. The van der Waals surface area contributed by atoms with Gasteiger partial charge in [-0.05, 0) is 49.8 Å². The number of rotatable bonds is 10. The molecular formula is C25H29ClN2O2. The maximum atomic E-state index is 13.0. The summed E-state index contributed by atoms with van der Waals surface area (Å²) in [6.45, 7) is 4.72. The summed E-state index contributed by atoms with van der Waals surface area (Å²) in [5, 5.41) is 6.48. The van der Waals surface area contributed by atoms with Gasteiger partial charge in [-0.2, -0.15) is 10.1 Å². The van der Waals surface area contributed by atoms with Crippen LogP contribution in [0.1, 0.15) is 57.9 Å². The van der Waals surface area contributed by atoms with Crippen LogP contribution in [0.2, 0.25) is 5.02 Å². The Balaban J connectivity index is 1.71. The quantitative estimate of drug-likeness (QED) is 0.308. The largest absolute Gasteiger partial charge is 0.493 e. The zero-order chi connectivity index (χ0) is 21.3. The van der Waals surface area contributed by atoms with E-state index in [2.05, 4.69) is 12.0 Å². The van der Waals surface area contributed by atoms with Gasteiger partial charge in [0.15, 0.2) is 0 Å². The van der Waals surface area contributed by atoms with Crippen LogP contribution in [0.3, 0.4) is 0 Å². The van der Waals surface area contributed by atoms with Crippen LogP contribution < -0.4 is 9.75 Å². The molecule has 0 radical (unpaired) electrons. The lowest BCUT2D eigenvalue weighted by Crippen LogP contribution is -2.21. The minimum Gasteiger partial charge on any atom is -0.493 e. The number of amides is 1. The van der Waals surface area contributed by atoms with E-state index in [1.807, 2.05) is 61.5 Å². The van der Waals surface area contributed by atoms with Gasteiger partial charge >= 0.3 is 0 Å². The third kappa shape index (κ3) is 5.73. The third-order valence-electron chi connectivity index (χ3n) is 5.09. The number of carbonyl (C=O) groups is 1. The maximum Gasteiger partial charge on any atom is 0.280 e. The molecule has 0 aromatic heterocycles. The summed E-state index contributed by atoms with van der Waals surface area (Å²) >= 11 is 6.22. The molecule has 30 heavy (non-hydrogen) atoms. The molecule has 3 rings (SSSR count). The molecule has 2 aromatic rings. The predicted octanol–water partition coefficient (Wildman–Crippen LogP) is 6.89. The van der Waals surface area contributed by atoms with Gasteiger partial charge in [0, 0.05) is 10.6 Å². The SMILES string of the molecule is CCCCCCCCOc1ccc(Cl)cc1/C=C1\C(=O)N(c2ccccc2)N=C1C. The van der Waals surface area contributed by atoms with Crippen molar-refractivity contribution in [3.8, 4) is 5.75 Å². The van der Waals surface area contributed by atoms with Gasteiger partial charge in [0.1, 0.15) is 5.75 Å². The van der Waals surface area contributed by atoms with E-state index in [-0.39, 0.29) is 5.91 Å². The number of hydrazone groups is 1. The van der Waals surface area contributed by atoms with E-state index in [9.17, 15) is 4.79 Å². The molecule has 0 aliphatic carbocycles. The molecule has 1 heterocycles. The molecule has 2 aromatic carbocycles. The number of ether oxygens (including phenoxy) is 1. The van der Waals surface area contributed by atoms with Crippen LogP contribution in [0.15, 0.2) is 59.2 Å². The van der Waals surface area contributed by atoms with Crippen molar-refractivity contribution in [2.24, 2.45) is 5.10 Å². The Morgan fingerprint density at radius 3 is 2.53 bits per heavy atom. The number of benzene rings is 2. The van der Waals surface area contributed by atoms with Gasteiger partial charge in [0.25, 0.3) is 5.91 Å². The van der Waals surface area contributed by atoms with Crippen molar-refractivity contribution in [2.75, 3.05) is 11.6 Å². The van der Waals surface area contributed by atoms with E-state index < -0.39 is 0 Å². The Morgan fingerprint density at radius 1 is 1.03 bits per heavy atom. The molecule has 0 N–H and O–H groups in total. The van der Waals surface area contributed by atoms with Crippen LogP contribution in [0, 0.1) is 0 Å². The standard InChI is InChI=1S/C25H29ClN2O2/c1-3-4-5-6-7-11-16-30-24-15-14-21(26)17-20(24)18-23-19(2)27-28(25(23)29)22-12-9-8-10-13-22/h8-10,12-15,17-18H,3-7,11,16H2,1-2H3/b23-18-. The van der Waals surface area contributed by atoms with E-state index in [0.717, 1.165) is 23.4 Å². The van der Waals surface area contributed by atoms with Crippen LogP contribution in [0.25, 0.3) is 6.08 Å². The number of nitrogens with zero attached hydrogens (tertiary/aromatic N) is 2. The minimum absolute atomic E-state index is 0.152. The summed E-state index contributed by atoms with van der Waals surface area (Å²) in [5.74, 6) is 0.583. The molecule has 5 heteroatoms. The van der Waals surface area contributed by atoms with Crippen LogP contribution in [-0.2, 0) is 4.79 Å². The lowest BCUT2D eigenvalue weighted by Gasteiger charge is -2.12. The van der Waals surface area contributed by atoms with Crippen LogP contribution in [-0.4, -0.2) is 18.2 Å². The molecule has 0 unspecified atom stereocenters. The van der Waals surface area contributed by atoms with E-state index in [1.54, 1.807) is 0 Å². The molecule has 0 saturated heterocycles. The van der Waals surface area contributed by atoms with Crippen LogP contribution >= 0.6 is 11.6 Å². The average molecular weight is 425 g/mol. The molecule has 4 nitrogen and oxygen atoms in total. The predicted molar refractivity (Wildman–Crippen MR) is 125 cm³/mol. The second kappa shape index (κ2) is 11.0. The monoisotopic (exact) mass is 424 g/mol. The normalized spacial score (nSPS) is 15.0. The smallest absolute Gasteiger partial charge is 0.280 e. The van der Waals surface area contributed by atoms with E-state index in [0.29, 0.717) is 22.9 Å². The molecular weight excluding hydrogens is 396 g/mol. The average Bonchev–Trinajstić information content (AvgIpc) is 3.03. The van der Waals surface area contributed by atoms with Gasteiger partial charge in [-0.1, -0.05) is 68.8 Å². The summed E-state index contributed by atoms with van der Waals surface area (Å²) in [6.07, 6.45) is 9.09. The highest BCUT2D eigenvalue weighted by Gasteiger charge is 2.28. The first kappa shape index (κ1) is 22.1. The zero-order valence-corrected chi connectivity index (χ0v) is 18.5. The minimum atomic E-state index is -0.152. The number of para-hydroxylation sites is 1. The molecule has 158 valence electrons. The van der Waals surface area contributed by atoms with Crippen molar-refractivity contribution in [2.45, 2.75) is 52.4 Å². The number of unbranched alkanes of at least 4 members (excludes halogenated alkanes) is 5. The highest BCUT2D eigenvalue weighted by atomic mass is 35.5. The molecule has 1 amide bonds. The maximum absolute atomic E-state index is 13.0. The molecule has 1 aliphatic heterocycles. The Kier molecular flexibility index (Phi) is 8.09. The fourth-order valence-electron chi connectivity index (χ4n) is 3.41. The third-order valence-corrected chi connectivity index (χ3v) is 5.33. The van der Waals surface area contributed by atoms with Gasteiger partial charge in [0.2, 0.25) is 0 Å². The zero-order valence-electron chi connectivity index (χ0n) is 17.7. The van der Waals surface area contributed by atoms with Crippen molar-refractivity contribution in [3.63, 3.8) is 0 Å². The fourth-order valence-corrected chi connectivity index (χ4v) is 3.59. The van der Waals surface area contributed by atoms with Crippen LogP contribution in [0.5, 0.6) is 5.75 Å². The van der Waals surface area contributed by atoms with E-state index >= 15 is 0 Å². The summed E-state index contributed by atoms with van der Waals surface area (Å²) in [5.41, 5.74) is 2.76. The first-order valence-corrected chi connectivity index (χ1v) is 11.1. The van der Waals surface area contributed by atoms with E-state index in [1.165, 1.54) is 37.1 Å².